The molecule has 2 atom stereocenters. The molecule has 0 spiro atoms. The highest BCUT2D eigenvalue weighted by molar-refractivity contribution is 6.15. The van der Waals surface area contributed by atoms with Gasteiger partial charge in [-0.2, -0.15) is 0 Å². The monoisotopic (exact) mass is 342 g/mol. The van der Waals surface area contributed by atoms with Gasteiger partial charge in [0.2, 0.25) is 0 Å². The number of fused-ring (bicyclic) bond motifs is 5. The topological polar surface area (TPSA) is 24.8 Å². The van der Waals surface area contributed by atoms with E-state index in [1.165, 1.54) is 28.7 Å². The Bertz CT molecular complexity index is 703. The summed E-state index contributed by atoms with van der Waals surface area (Å²) in [5.74, 6) is 1.28. The zero-order valence-corrected chi connectivity index (χ0v) is 14.9. The molecule has 0 heterocycles. The molecule has 0 saturated heterocycles. The predicted molar refractivity (Wildman–Crippen MR) is 100 cm³/mol. The second kappa shape index (κ2) is 6.96. The molecular formula is C20H23ClN2O. The molecule has 126 valence electrons. The van der Waals surface area contributed by atoms with E-state index < -0.39 is 0 Å². The maximum absolute atomic E-state index is 5.65. The van der Waals surface area contributed by atoms with Gasteiger partial charge in [0.15, 0.2) is 0 Å². The van der Waals surface area contributed by atoms with Crippen molar-refractivity contribution < 1.29 is 4.84 Å². The predicted octanol–water partition coefficient (Wildman–Crippen LogP) is 4.02. The maximum atomic E-state index is 5.65. The Morgan fingerprint density at radius 2 is 1.50 bits per heavy atom. The molecule has 1 saturated carbocycles. The quantitative estimate of drug-likeness (QED) is 0.619. The van der Waals surface area contributed by atoms with Crippen LogP contribution in [0.25, 0.3) is 0 Å². The van der Waals surface area contributed by atoms with E-state index in [2.05, 4.69) is 58.6 Å². The molecule has 1 fully saturated rings. The van der Waals surface area contributed by atoms with E-state index in [4.69, 9.17) is 4.84 Å². The van der Waals surface area contributed by atoms with Crippen molar-refractivity contribution in [1.29, 1.82) is 0 Å². The van der Waals surface area contributed by atoms with Crippen molar-refractivity contribution in [2.24, 2.45) is 5.16 Å². The van der Waals surface area contributed by atoms with Crippen molar-refractivity contribution in [3.8, 4) is 0 Å². The first kappa shape index (κ1) is 17.0. The van der Waals surface area contributed by atoms with Gasteiger partial charge >= 0.3 is 0 Å². The van der Waals surface area contributed by atoms with Crippen LogP contribution < -0.4 is 0 Å². The number of benzene rings is 2. The lowest BCUT2D eigenvalue weighted by Gasteiger charge is -2.13. The molecule has 2 aromatic rings. The molecular weight excluding hydrogens is 320 g/mol. The lowest BCUT2D eigenvalue weighted by molar-refractivity contribution is 0.126. The smallest absolute Gasteiger partial charge is 0.129 e. The van der Waals surface area contributed by atoms with Crippen LogP contribution in [0.15, 0.2) is 53.7 Å². The minimum absolute atomic E-state index is 0. The Balaban J connectivity index is 0.00000169. The minimum Gasteiger partial charge on any atom is -0.394 e. The van der Waals surface area contributed by atoms with Crippen LogP contribution in [0.1, 0.15) is 40.5 Å². The van der Waals surface area contributed by atoms with E-state index in [0.717, 1.165) is 12.3 Å². The first-order chi connectivity index (χ1) is 11.3. The Morgan fingerprint density at radius 1 is 0.958 bits per heavy atom. The highest BCUT2D eigenvalue weighted by Crippen LogP contribution is 2.58. The standard InChI is InChI=1S/C20H22N2O.ClH/c1-22(2)11-12-23-21-20-16-9-5-3-7-14(16)18-13-19(18)15-8-4-6-10-17(15)20;/h3-10,18-19H,11-13H2,1-2H3;1H. The van der Waals surface area contributed by atoms with Crippen LogP contribution in [0.3, 0.4) is 0 Å². The second-order valence-electron chi connectivity index (χ2n) is 6.70. The molecule has 2 aromatic carbocycles. The zero-order valence-electron chi connectivity index (χ0n) is 14.1. The van der Waals surface area contributed by atoms with Crippen molar-refractivity contribution in [3.05, 3.63) is 70.8 Å². The number of rotatable bonds is 4. The van der Waals surface area contributed by atoms with Crippen molar-refractivity contribution in [2.75, 3.05) is 27.2 Å². The van der Waals surface area contributed by atoms with Gasteiger partial charge in [0.25, 0.3) is 0 Å². The van der Waals surface area contributed by atoms with Crippen molar-refractivity contribution in [1.82, 2.24) is 4.90 Å². The molecule has 0 radical (unpaired) electrons. The number of hydrogen-bond donors (Lipinski definition) is 0. The van der Waals surface area contributed by atoms with Crippen molar-refractivity contribution in [3.63, 3.8) is 0 Å². The highest BCUT2D eigenvalue weighted by atomic mass is 35.5. The van der Waals surface area contributed by atoms with E-state index in [1.54, 1.807) is 0 Å². The van der Waals surface area contributed by atoms with Gasteiger partial charge in [-0.05, 0) is 43.5 Å². The highest BCUT2D eigenvalue weighted by Gasteiger charge is 2.44. The minimum atomic E-state index is 0. The van der Waals surface area contributed by atoms with E-state index in [0.29, 0.717) is 18.4 Å². The number of likely N-dealkylation sites (N-methyl/N-ethyl adjacent to an activating group) is 1. The van der Waals surface area contributed by atoms with Crippen LogP contribution in [-0.2, 0) is 4.84 Å². The van der Waals surface area contributed by atoms with Gasteiger partial charge in [-0.3, -0.25) is 0 Å². The van der Waals surface area contributed by atoms with Crippen LogP contribution in [0.4, 0.5) is 0 Å². The van der Waals surface area contributed by atoms with Crippen LogP contribution >= 0.6 is 12.4 Å². The van der Waals surface area contributed by atoms with E-state index in [9.17, 15) is 0 Å². The van der Waals surface area contributed by atoms with E-state index >= 15 is 0 Å². The summed E-state index contributed by atoms with van der Waals surface area (Å²) in [4.78, 5) is 7.75. The summed E-state index contributed by atoms with van der Waals surface area (Å²) < 4.78 is 0. The molecule has 3 nitrogen and oxygen atoms in total. The summed E-state index contributed by atoms with van der Waals surface area (Å²) in [6, 6.07) is 17.3. The largest absolute Gasteiger partial charge is 0.394 e. The molecule has 2 aliphatic rings. The third kappa shape index (κ3) is 3.06. The molecule has 24 heavy (non-hydrogen) atoms. The van der Waals surface area contributed by atoms with Crippen molar-refractivity contribution in [2.45, 2.75) is 18.3 Å². The fourth-order valence-electron chi connectivity index (χ4n) is 3.53. The molecule has 0 N–H and O–H groups in total. The average Bonchev–Trinajstić information content (AvgIpc) is 3.35. The number of nitrogens with zero attached hydrogens (tertiary/aromatic N) is 2. The fourth-order valence-corrected chi connectivity index (χ4v) is 3.53. The normalized spacial score (nSPS) is 20.2. The van der Waals surface area contributed by atoms with Gasteiger partial charge in [-0.25, -0.2) is 0 Å². The molecule has 4 rings (SSSR count). The molecule has 2 unspecified atom stereocenters. The molecule has 4 heteroatoms. The average molecular weight is 343 g/mol. The van der Waals surface area contributed by atoms with Gasteiger partial charge in [0.1, 0.15) is 12.3 Å². The third-order valence-electron chi connectivity index (χ3n) is 4.81. The van der Waals surface area contributed by atoms with Crippen LogP contribution in [0, 0.1) is 0 Å². The Hall–Kier alpha value is -1.84. The molecule has 0 amide bonds. The summed E-state index contributed by atoms with van der Waals surface area (Å²) in [6.07, 6.45) is 1.25. The SMILES string of the molecule is CN(C)CCON=C1c2ccccc2C2CC2c2ccccc21.Cl. The van der Waals surface area contributed by atoms with Gasteiger partial charge in [-0.1, -0.05) is 53.7 Å². The van der Waals surface area contributed by atoms with Gasteiger partial charge in [0, 0.05) is 17.7 Å². The molecule has 0 bridgehead atoms. The Kier molecular flexibility index (Phi) is 4.93. The first-order valence-corrected chi connectivity index (χ1v) is 8.29. The van der Waals surface area contributed by atoms with Crippen LogP contribution in [0.2, 0.25) is 0 Å². The lowest BCUT2D eigenvalue weighted by atomic mass is 9.95. The maximum Gasteiger partial charge on any atom is 0.129 e. The zero-order chi connectivity index (χ0) is 15.8. The summed E-state index contributed by atoms with van der Waals surface area (Å²) in [5, 5.41) is 4.54. The summed E-state index contributed by atoms with van der Waals surface area (Å²) in [6.45, 7) is 1.47. The van der Waals surface area contributed by atoms with Gasteiger partial charge in [-0.15, -0.1) is 12.4 Å². The van der Waals surface area contributed by atoms with Crippen LogP contribution in [-0.4, -0.2) is 37.9 Å². The van der Waals surface area contributed by atoms with E-state index in [1.807, 2.05) is 14.1 Å². The first-order valence-electron chi connectivity index (χ1n) is 8.29. The number of hydrogen-bond acceptors (Lipinski definition) is 3. The fraction of sp³-hybridized carbons (Fsp3) is 0.350. The molecule has 0 aliphatic heterocycles. The number of halogens is 1. The number of oxime groups is 1. The lowest BCUT2D eigenvalue weighted by Crippen LogP contribution is -2.17. The second-order valence-corrected chi connectivity index (χ2v) is 6.70. The van der Waals surface area contributed by atoms with E-state index in [-0.39, 0.29) is 12.4 Å². The van der Waals surface area contributed by atoms with Gasteiger partial charge < -0.3 is 9.74 Å². The van der Waals surface area contributed by atoms with Crippen LogP contribution in [0.5, 0.6) is 0 Å². The summed E-state index contributed by atoms with van der Waals surface area (Å²) in [7, 11) is 4.08. The Labute approximate surface area is 149 Å². The summed E-state index contributed by atoms with van der Waals surface area (Å²) >= 11 is 0. The molecule has 2 aliphatic carbocycles. The van der Waals surface area contributed by atoms with Gasteiger partial charge in [0.05, 0.1) is 0 Å². The third-order valence-corrected chi connectivity index (χ3v) is 4.81. The summed E-state index contributed by atoms with van der Waals surface area (Å²) in [5.41, 5.74) is 6.29. The Morgan fingerprint density at radius 3 is 2.04 bits per heavy atom. The molecule has 0 aromatic heterocycles. The van der Waals surface area contributed by atoms with Crippen molar-refractivity contribution >= 4 is 18.1 Å².